The fourth-order valence-corrected chi connectivity index (χ4v) is 2.06. The Morgan fingerprint density at radius 2 is 1.67 bits per heavy atom. The maximum absolute atomic E-state index is 5.86. The van der Waals surface area contributed by atoms with Crippen molar-refractivity contribution in [2.24, 2.45) is 0 Å². The predicted octanol–water partition coefficient (Wildman–Crippen LogP) is 4.63. The Balaban J connectivity index is 1.95. The second-order valence-electron chi connectivity index (χ2n) is 4.03. The molecular weight excluding hydrogens is 244 g/mol. The summed E-state index contributed by atoms with van der Waals surface area (Å²) in [6, 6.07) is 20.0. The highest BCUT2D eigenvalue weighted by atomic mass is 35.5. The number of rotatable bonds is 2. The minimum Gasteiger partial charge on any atom is -0.340 e. The highest BCUT2D eigenvalue weighted by Gasteiger charge is 1.98. The lowest BCUT2D eigenvalue weighted by Gasteiger charge is -2.07. The average molecular weight is 255 g/mol. The van der Waals surface area contributed by atoms with Gasteiger partial charge >= 0.3 is 0 Å². The van der Waals surface area contributed by atoms with E-state index in [0.717, 1.165) is 11.5 Å². The van der Waals surface area contributed by atoms with Gasteiger partial charge in [0.1, 0.15) is 11.0 Å². The van der Waals surface area contributed by atoms with Crippen molar-refractivity contribution in [1.82, 2.24) is 4.98 Å². The van der Waals surface area contributed by atoms with Crippen molar-refractivity contribution in [2.75, 3.05) is 5.32 Å². The largest absolute Gasteiger partial charge is 0.340 e. The lowest BCUT2D eigenvalue weighted by molar-refractivity contribution is 1.31. The quantitative estimate of drug-likeness (QED) is 0.675. The van der Waals surface area contributed by atoms with Crippen LogP contribution >= 0.6 is 11.6 Å². The summed E-state index contributed by atoms with van der Waals surface area (Å²) in [7, 11) is 0. The summed E-state index contributed by atoms with van der Waals surface area (Å²) < 4.78 is 0. The molecule has 0 aliphatic heterocycles. The van der Waals surface area contributed by atoms with Crippen molar-refractivity contribution in [1.29, 1.82) is 0 Å². The van der Waals surface area contributed by atoms with E-state index in [2.05, 4.69) is 34.6 Å². The summed E-state index contributed by atoms with van der Waals surface area (Å²) in [6.45, 7) is 0. The topological polar surface area (TPSA) is 24.9 Å². The highest BCUT2D eigenvalue weighted by Crippen LogP contribution is 2.21. The van der Waals surface area contributed by atoms with Crippen molar-refractivity contribution < 1.29 is 0 Å². The molecule has 0 atom stereocenters. The Kier molecular flexibility index (Phi) is 2.87. The fourth-order valence-electron chi connectivity index (χ4n) is 1.89. The molecule has 2 aromatic carbocycles. The molecule has 0 unspecified atom stereocenters. The Morgan fingerprint density at radius 1 is 0.833 bits per heavy atom. The summed E-state index contributed by atoms with van der Waals surface area (Å²) in [5, 5.41) is 6.15. The summed E-state index contributed by atoms with van der Waals surface area (Å²) in [5.41, 5.74) is 1.00. The van der Waals surface area contributed by atoms with Crippen molar-refractivity contribution in [3.05, 3.63) is 65.8 Å². The van der Waals surface area contributed by atoms with Gasteiger partial charge in [-0.3, -0.25) is 0 Å². The van der Waals surface area contributed by atoms with Crippen molar-refractivity contribution in [2.45, 2.75) is 0 Å². The first-order valence-corrected chi connectivity index (χ1v) is 6.07. The van der Waals surface area contributed by atoms with E-state index in [1.54, 1.807) is 6.07 Å². The normalized spacial score (nSPS) is 10.5. The molecule has 3 heteroatoms. The van der Waals surface area contributed by atoms with Gasteiger partial charge in [0.05, 0.1) is 0 Å². The van der Waals surface area contributed by atoms with E-state index >= 15 is 0 Å². The van der Waals surface area contributed by atoms with Gasteiger partial charge in [0, 0.05) is 5.69 Å². The number of hydrogen-bond donors (Lipinski definition) is 1. The SMILES string of the molecule is Clc1cccc(Nc2ccc3ccccc3c2)n1. The maximum Gasteiger partial charge on any atom is 0.132 e. The zero-order chi connectivity index (χ0) is 12.4. The third-order valence-electron chi connectivity index (χ3n) is 2.74. The molecule has 0 spiro atoms. The number of aromatic nitrogens is 1. The third-order valence-corrected chi connectivity index (χ3v) is 2.95. The van der Waals surface area contributed by atoms with E-state index in [-0.39, 0.29) is 0 Å². The molecule has 0 bridgehead atoms. The molecule has 0 saturated carbocycles. The van der Waals surface area contributed by atoms with Crippen LogP contribution < -0.4 is 5.32 Å². The van der Waals surface area contributed by atoms with Gasteiger partial charge in [-0.25, -0.2) is 4.98 Å². The zero-order valence-electron chi connectivity index (χ0n) is 9.60. The minimum absolute atomic E-state index is 0.487. The summed E-state index contributed by atoms with van der Waals surface area (Å²) in [5.74, 6) is 0.748. The lowest BCUT2D eigenvalue weighted by Crippen LogP contribution is -1.93. The molecule has 0 amide bonds. The minimum atomic E-state index is 0.487. The molecule has 3 aromatic rings. The summed E-state index contributed by atoms with van der Waals surface area (Å²) in [4.78, 5) is 4.20. The Morgan fingerprint density at radius 3 is 2.50 bits per heavy atom. The summed E-state index contributed by atoms with van der Waals surface area (Å²) in [6.07, 6.45) is 0. The van der Waals surface area contributed by atoms with Crippen LogP contribution in [0.2, 0.25) is 5.15 Å². The maximum atomic E-state index is 5.86. The second-order valence-corrected chi connectivity index (χ2v) is 4.42. The monoisotopic (exact) mass is 254 g/mol. The van der Waals surface area contributed by atoms with E-state index in [9.17, 15) is 0 Å². The Bertz CT molecular complexity index is 695. The van der Waals surface area contributed by atoms with E-state index in [1.807, 2.05) is 30.3 Å². The number of halogens is 1. The van der Waals surface area contributed by atoms with Gasteiger partial charge in [0.2, 0.25) is 0 Å². The number of nitrogens with one attached hydrogen (secondary N) is 1. The molecule has 0 fully saturated rings. The molecule has 3 rings (SSSR count). The van der Waals surface area contributed by atoms with Gasteiger partial charge in [0.25, 0.3) is 0 Å². The van der Waals surface area contributed by atoms with Crippen LogP contribution in [-0.2, 0) is 0 Å². The molecule has 1 heterocycles. The van der Waals surface area contributed by atoms with Gasteiger partial charge in [0.15, 0.2) is 0 Å². The van der Waals surface area contributed by atoms with Crippen LogP contribution in [0.4, 0.5) is 11.5 Å². The molecule has 88 valence electrons. The molecule has 0 aliphatic carbocycles. The molecule has 2 nitrogen and oxygen atoms in total. The standard InChI is InChI=1S/C15H11ClN2/c16-14-6-3-7-15(18-14)17-13-9-8-11-4-1-2-5-12(11)10-13/h1-10H,(H,17,18). The van der Waals surface area contributed by atoms with Crippen LogP contribution in [0, 0.1) is 0 Å². The van der Waals surface area contributed by atoms with Crippen LogP contribution in [0.25, 0.3) is 10.8 Å². The average Bonchev–Trinajstić information content (AvgIpc) is 2.39. The van der Waals surface area contributed by atoms with Crippen LogP contribution in [-0.4, -0.2) is 4.98 Å². The fraction of sp³-hybridized carbons (Fsp3) is 0. The number of nitrogens with zero attached hydrogens (tertiary/aromatic N) is 1. The van der Waals surface area contributed by atoms with Gasteiger partial charge in [-0.05, 0) is 35.0 Å². The van der Waals surface area contributed by atoms with Gasteiger partial charge in [-0.15, -0.1) is 0 Å². The van der Waals surface area contributed by atoms with E-state index in [0.29, 0.717) is 5.15 Å². The van der Waals surface area contributed by atoms with E-state index < -0.39 is 0 Å². The number of pyridine rings is 1. The molecule has 0 saturated heterocycles. The lowest BCUT2D eigenvalue weighted by atomic mass is 10.1. The van der Waals surface area contributed by atoms with Crippen molar-refractivity contribution in [3.8, 4) is 0 Å². The van der Waals surface area contributed by atoms with Crippen LogP contribution in [0.15, 0.2) is 60.7 Å². The first-order valence-electron chi connectivity index (χ1n) is 5.70. The van der Waals surface area contributed by atoms with Gasteiger partial charge < -0.3 is 5.32 Å². The number of benzene rings is 2. The number of hydrogen-bond acceptors (Lipinski definition) is 2. The second kappa shape index (κ2) is 4.67. The third kappa shape index (κ3) is 2.29. The number of fused-ring (bicyclic) bond motifs is 1. The molecular formula is C15H11ClN2. The first kappa shape index (κ1) is 11.1. The zero-order valence-corrected chi connectivity index (χ0v) is 10.4. The van der Waals surface area contributed by atoms with Crippen molar-refractivity contribution in [3.63, 3.8) is 0 Å². The van der Waals surface area contributed by atoms with Crippen LogP contribution in [0.5, 0.6) is 0 Å². The van der Waals surface area contributed by atoms with Gasteiger partial charge in [-0.1, -0.05) is 48.0 Å². The smallest absolute Gasteiger partial charge is 0.132 e. The van der Waals surface area contributed by atoms with E-state index in [1.165, 1.54) is 10.8 Å². The van der Waals surface area contributed by atoms with Crippen LogP contribution in [0.1, 0.15) is 0 Å². The van der Waals surface area contributed by atoms with Crippen molar-refractivity contribution >= 4 is 33.9 Å². The Labute approximate surface area is 110 Å². The molecule has 0 aliphatic rings. The number of anilines is 2. The Hall–Kier alpha value is -2.06. The first-order chi connectivity index (χ1) is 8.81. The molecule has 1 aromatic heterocycles. The molecule has 18 heavy (non-hydrogen) atoms. The molecule has 1 N–H and O–H groups in total. The summed E-state index contributed by atoms with van der Waals surface area (Å²) >= 11 is 5.86. The van der Waals surface area contributed by atoms with E-state index in [4.69, 9.17) is 11.6 Å². The van der Waals surface area contributed by atoms with Crippen LogP contribution in [0.3, 0.4) is 0 Å². The molecule has 0 radical (unpaired) electrons. The van der Waals surface area contributed by atoms with Gasteiger partial charge in [-0.2, -0.15) is 0 Å². The highest BCUT2D eigenvalue weighted by molar-refractivity contribution is 6.29. The predicted molar refractivity (Wildman–Crippen MR) is 76.5 cm³/mol.